The molecule has 0 saturated heterocycles. The number of rotatable bonds is 5. The number of nitrogens with two attached hydrogens (primary N) is 1. The molecular weight excluding hydrogens is 298 g/mol. The molecule has 0 atom stereocenters. The molecule has 0 aliphatic carbocycles. The van der Waals surface area contributed by atoms with Gasteiger partial charge in [0.15, 0.2) is 11.5 Å². The van der Waals surface area contributed by atoms with E-state index in [-0.39, 0.29) is 5.56 Å². The van der Waals surface area contributed by atoms with Crippen LogP contribution in [0.2, 0.25) is 0 Å². The van der Waals surface area contributed by atoms with E-state index in [1.165, 1.54) is 12.1 Å². The van der Waals surface area contributed by atoms with E-state index in [9.17, 15) is 21.6 Å². The summed E-state index contributed by atoms with van der Waals surface area (Å²) in [5.74, 6) is -2.00. The van der Waals surface area contributed by atoms with E-state index >= 15 is 0 Å². The molecule has 0 spiro atoms. The van der Waals surface area contributed by atoms with Gasteiger partial charge >= 0.3 is 20.2 Å². The Hall–Kier alpha value is -1.81. The van der Waals surface area contributed by atoms with Crippen LogP contribution in [0.25, 0.3) is 0 Å². The van der Waals surface area contributed by atoms with Gasteiger partial charge in [-0.05, 0) is 12.1 Å². The van der Waals surface area contributed by atoms with Gasteiger partial charge in [-0.3, -0.25) is 4.79 Å². The first kappa shape index (κ1) is 15.2. The molecule has 106 valence electrons. The molecule has 0 aliphatic rings. The topological polar surface area (TPSA) is 130 Å². The van der Waals surface area contributed by atoms with Gasteiger partial charge in [-0.15, -0.1) is 0 Å². The molecule has 2 N–H and O–H groups in total. The second-order valence-electron chi connectivity index (χ2n) is 3.57. The average molecular weight is 309 g/mol. The molecule has 0 heterocycles. The van der Waals surface area contributed by atoms with Gasteiger partial charge in [-0.1, -0.05) is 6.07 Å². The van der Waals surface area contributed by atoms with Gasteiger partial charge in [0.05, 0.1) is 18.1 Å². The number of amides is 1. The highest BCUT2D eigenvalue weighted by molar-refractivity contribution is 7.86. The van der Waals surface area contributed by atoms with E-state index in [0.29, 0.717) is 0 Å². The first-order valence-corrected chi connectivity index (χ1v) is 8.34. The zero-order chi connectivity index (χ0) is 14.8. The molecule has 0 bridgehead atoms. The highest BCUT2D eigenvalue weighted by Gasteiger charge is 2.21. The first-order valence-electron chi connectivity index (χ1n) is 4.71. The molecule has 0 unspecified atom stereocenters. The van der Waals surface area contributed by atoms with E-state index in [4.69, 9.17) is 5.73 Å². The van der Waals surface area contributed by atoms with E-state index < -0.39 is 37.6 Å². The van der Waals surface area contributed by atoms with Crippen LogP contribution in [-0.2, 0) is 20.2 Å². The molecule has 19 heavy (non-hydrogen) atoms. The van der Waals surface area contributed by atoms with Crippen LogP contribution in [0.3, 0.4) is 0 Å². The molecule has 1 amide bonds. The summed E-state index contributed by atoms with van der Waals surface area (Å²) in [5, 5.41) is 0. The SMILES string of the molecule is CS(=O)(=O)Oc1cccc(C(N)=O)c1OS(C)(=O)=O. The van der Waals surface area contributed by atoms with Crippen LogP contribution in [0.4, 0.5) is 0 Å². The van der Waals surface area contributed by atoms with Crippen molar-refractivity contribution >= 4 is 26.1 Å². The standard InChI is InChI=1S/C9H11NO7S2/c1-18(12,13)16-7-5-3-4-6(9(10)11)8(7)17-19(2,14)15/h3-5H,1-2H3,(H2,10,11). The van der Waals surface area contributed by atoms with Gasteiger partial charge in [0.1, 0.15) is 0 Å². The number of para-hydroxylation sites is 1. The highest BCUT2D eigenvalue weighted by atomic mass is 32.2. The lowest BCUT2D eigenvalue weighted by Gasteiger charge is -2.12. The van der Waals surface area contributed by atoms with Crippen LogP contribution in [0.15, 0.2) is 18.2 Å². The number of primary amides is 1. The van der Waals surface area contributed by atoms with E-state index in [0.717, 1.165) is 18.6 Å². The summed E-state index contributed by atoms with van der Waals surface area (Å²) in [6.45, 7) is 0. The third-order valence-electron chi connectivity index (χ3n) is 1.72. The minimum Gasteiger partial charge on any atom is -0.379 e. The van der Waals surface area contributed by atoms with Crippen molar-refractivity contribution in [2.24, 2.45) is 5.73 Å². The van der Waals surface area contributed by atoms with Crippen molar-refractivity contribution in [3.8, 4) is 11.5 Å². The maximum Gasteiger partial charge on any atom is 0.306 e. The fraction of sp³-hybridized carbons (Fsp3) is 0.222. The molecule has 0 fully saturated rings. The van der Waals surface area contributed by atoms with Crippen molar-refractivity contribution in [2.75, 3.05) is 12.5 Å². The normalized spacial score (nSPS) is 11.9. The van der Waals surface area contributed by atoms with Crippen LogP contribution in [0.1, 0.15) is 10.4 Å². The van der Waals surface area contributed by atoms with Gasteiger partial charge in [-0.25, -0.2) is 0 Å². The van der Waals surface area contributed by atoms with E-state index in [1.54, 1.807) is 0 Å². The second-order valence-corrected chi connectivity index (χ2v) is 6.72. The van der Waals surface area contributed by atoms with Gasteiger partial charge in [0.25, 0.3) is 5.91 Å². The largest absolute Gasteiger partial charge is 0.379 e. The second kappa shape index (κ2) is 5.05. The Morgan fingerprint density at radius 2 is 1.58 bits per heavy atom. The lowest BCUT2D eigenvalue weighted by molar-refractivity contribution is 0.0998. The highest BCUT2D eigenvalue weighted by Crippen LogP contribution is 2.33. The van der Waals surface area contributed by atoms with Crippen molar-refractivity contribution in [1.29, 1.82) is 0 Å². The monoisotopic (exact) mass is 309 g/mol. The van der Waals surface area contributed by atoms with Crippen LogP contribution in [0, 0.1) is 0 Å². The molecule has 0 aromatic heterocycles. The van der Waals surface area contributed by atoms with Crippen molar-refractivity contribution in [3.05, 3.63) is 23.8 Å². The Balaban J connectivity index is 3.46. The number of benzene rings is 1. The molecule has 1 rings (SSSR count). The minimum atomic E-state index is -3.99. The van der Waals surface area contributed by atoms with E-state index in [2.05, 4.69) is 8.37 Å². The fourth-order valence-corrected chi connectivity index (χ4v) is 2.11. The summed E-state index contributed by atoms with van der Waals surface area (Å²) < 4.78 is 53.4. The summed E-state index contributed by atoms with van der Waals surface area (Å²) in [7, 11) is -7.92. The zero-order valence-electron chi connectivity index (χ0n) is 9.98. The van der Waals surface area contributed by atoms with Crippen LogP contribution in [-0.4, -0.2) is 35.3 Å². The lowest BCUT2D eigenvalue weighted by atomic mass is 10.2. The number of hydrogen-bond donors (Lipinski definition) is 1. The van der Waals surface area contributed by atoms with Crippen LogP contribution >= 0.6 is 0 Å². The third-order valence-corrected chi connectivity index (χ3v) is 2.67. The van der Waals surface area contributed by atoms with Crippen molar-refractivity contribution in [2.45, 2.75) is 0 Å². The molecule has 1 aromatic carbocycles. The van der Waals surface area contributed by atoms with Crippen molar-refractivity contribution < 1.29 is 30.0 Å². The Morgan fingerprint density at radius 3 is 2.00 bits per heavy atom. The zero-order valence-corrected chi connectivity index (χ0v) is 11.6. The summed E-state index contributed by atoms with van der Waals surface area (Å²) >= 11 is 0. The lowest BCUT2D eigenvalue weighted by Crippen LogP contribution is -2.17. The Morgan fingerprint density at radius 1 is 1.05 bits per heavy atom. The van der Waals surface area contributed by atoms with Crippen LogP contribution in [0.5, 0.6) is 11.5 Å². The summed E-state index contributed by atoms with van der Waals surface area (Å²) in [6.07, 6.45) is 1.49. The Bertz CT molecular complexity index is 706. The van der Waals surface area contributed by atoms with Gasteiger partial charge in [0.2, 0.25) is 0 Å². The quantitative estimate of drug-likeness (QED) is 0.723. The molecule has 1 aromatic rings. The maximum atomic E-state index is 11.2. The van der Waals surface area contributed by atoms with Gasteiger partial charge in [0, 0.05) is 0 Å². The van der Waals surface area contributed by atoms with Crippen molar-refractivity contribution in [1.82, 2.24) is 0 Å². The molecule has 10 heteroatoms. The molecular formula is C9H11NO7S2. The number of hydrogen-bond acceptors (Lipinski definition) is 7. The maximum absolute atomic E-state index is 11.2. The molecule has 8 nitrogen and oxygen atoms in total. The summed E-state index contributed by atoms with van der Waals surface area (Å²) in [6, 6.07) is 3.59. The van der Waals surface area contributed by atoms with Crippen molar-refractivity contribution in [3.63, 3.8) is 0 Å². The minimum absolute atomic E-state index is 0.313. The summed E-state index contributed by atoms with van der Waals surface area (Å²) in [4.78, 5) is 11.2. The van der Waals surface area contributed by atoms with E-state index in [1.807, 2.05) is 0 Å². The molecule has 0 saturated carbocycles. The molecule has 0 aliphatic heterocycles. The first-order chi connectivity index (χ1) is 8.49. The van der Waals surface area contributed by atoms with Crippen LogP contribution < -0.4 is 14.1 Å². The van der Waals surface area contributed by atoms with Gasteiger partial charge in [-0.2, -0.15) is 16.8 Å². The Labute approximate surface area is 110 Å². The average Bonchev–Trinajstić information content (AvgIpc) is 2.15. The Kier molecular flexibility index (Phi) is 4.06. The van der Waals surface area contributed by atoms with Gasteiger partial charge < -0.3 is 14.1 Å². The predicted octanol–water partition coefficient (Wildman–Crippen LogP) is -0.538. The number of carbonyl (C=O) groups is 1. The third kappa shape index (κ3) is 4.75. The fourth-order valence-electron chi connectivity index (χ4n) is 1.18. The smallest absolute Gasteiger partial charge is 0.306 e. The predicted molar refractivity (Wildman–Crippen MR) is 65.9 cm³/mol. The molecule has 0 radical (unpaired) electrons. The summed E-state index contributed by atoms with van der Waals surface area (Å²) in [5.41, 5.74) is 4.73. The number of carbonyl (C=O) groups excluding carboxylic acids is 1.